The molecule has 0 unspecified atom stereocenters. The summed E-state index contributed by atoms with van der Waals surface area (Å²) in [5.41, 5.74) is 6.35. The molecule has 1 aromatic carbocycles. The molecule has 0 heterocycles. The molecule has 6 nitrogen and oxygen atoms in total. The van der Waals surface area contributed by atoms with Crippen molar-refractivity contribution in [2.24, 2.45) is 0 Å². The predicted molar refractivity (Wildman–Crippen MR) is 78.6 cm³/mol. The van der Waals surface area contributed by atoms with Gasteiger partial charge in [-0.3, -0.25) is 0 Å². The number of ether oxygens (including phenoxy) is 2. The maximum absolute atomic E-state index is 11.1. The number of anilines is 2. The molecule has 0 radical (unpaired) electrons. The van der Waals surface area contributed by atoms with Crippen molar-refractivity contribution in [3.05, 3.63) is 22.7 Å². The Labute approximate surface area is 122 Å². The number of hydrogen-bond acceptors (Lipinski definition) is 5. The summed E-state index contributed by atoms with van der Waals surface area (Å²) in [6.45, 7) is 2.21. The number of benzene rings is 1. The van der Waals surface area contributed by atoms with Crippen molar-refractivity contribution < 1.29 is 19.4 Å². The molecular formula is C13H19ClN2O4. The lowest BCUT2D eigenvalue weighted by Gasteiger charge is -2.12. The van der Waals surface area contributed by atoms with Gasteiger partial charge in [0.1, 0.15) is 0 Å². The lowest BCUT2D eigenvalue weighted by atomic mass is 10.1. The number of nitrogen functional groups attached to an aromatic ring is 1. The van der Waals surface area contributed by atoms with Crippen molar-refractivity contribution in [3.63, 3.8) is 0 Å². The molecule has 4 N–H and O–H groups in total. The molecule has 0 fully saturated rings. The first-order valence-corrected chi connectivity index (χ1v) is 6.57. The van der Waals surface area contributed by atoms with Gasteiger partial charge in [-0.1, -0.05) is 11.6 Å². The molecule has 20 heavy (non-hydrogen) atoms. The molecule has 1 aromatic rings. The molecule has 0 aliphatic rings. The van der Waals surface area contributed by atoms with E-state index in [4.69, 9.17) is 31.9 Å². The van der Waals surface area contributed by atoms with Gasteiger partial charge in [0.25, 0.3) is 0 Å². The second-order valence-electron chi connectivity index (χ2n) is 4.12. The zero-order valence-electron chi connectivity index (χ0n) is 11.3. The highest BCUT2D eigenvalue weighted by molar-refractivity contribution is 6.34. The molecule has 0 atom stereocenters. The predicted octanol–water partition coefficient (Wildman–Crippen LogP) is 2.09. The van der Waals surface area contributed by atoms with E-state index in [1.165, 1.54) is 12.1 Å². The normalized spacial score (nSPS) is 10.5. The second kappa shape index (κ2) is 8.63. The Hall–Kier alpha value is -1.50. The molecule has 0 bridgehead atoms. The summed E-state index contributed by atoms with van der Waals surface area (Å²) in [5.74, 6) is -1.07. The zero-order valence-corrected chi connectivity index (χ0v) is 12.1. The molecule has 0 saturated heterocycles. The molecule has 1 rings (SSSR count). The van der Waals surface area contributed by atoms with Crippen LogP contribution in [0.2, 0.25) is 5.02 Å². The number of halogens is 1. The third-order valence-electron chi connectivity index (χ3n) is 2.54. The summed E-state index contributed by atoms with van der Waals surface area (Å²) in [4.78, 5) is 11.1. The monoisotopic (exact) mass is 302 g/mol. The molecule has 0 amide bonds. The smallest absolute Gasteiger partial charge is 0.337 e. The first kappa shape index (κ1) is 16.6. The minimum Gasteiger partial charge on any atom is -0.478 e. The second-order valence-corrected chi connectivity index (χ2v) is 4.52. The SMILES string of the molecule is COCCOCCCNc1c(Cl)cc(N)cc1C(=O)O. The van der Waals surface area contributed by atoms with Crippen molar-refractivity contribution in [1.29, 1.82) is 0 Å². The van der Waals surface area contributed by atoms with E-state index in [1.54, 1.807) is 7.11 Å². The fourth-order valence-corrected chi connectivity index (χ4v) is 1.90. The van der Waals surface area contributed by atoms with Crippen LogP contribution in [-0.4, -0.2) is 44.6 Å². The summed E-state index contributed by atoms with van der Waals surface area (Å²) in [5, 5.41) is 12.4. The van der Waals surface area contributed by atoms with Gasteiger partial charge in [0.15, 0.2) is 0 Å². The Balaban J connectivity index is 2.49. The van der Waals surface area contributed by atoms with Crippen LogP contribution in [0.3, 0.4) is 0 Å². The Morgan fingerprint density at radius 2 is 2.15 bits per heavy atom. The molecule has 0 aromatic heterocycles. The average Bonchev–Trinajstić information content (AvgIpc) is 2.39. The number of carboxylic acids is 1. The number of carboxylic acid groups (broad SMARTS) is 1. The van der Waals surface area contributed by atoms with E-state index in [9.17, 15) is 4.79 Å². The van der Waals surface area contributed by atoms with E-state index in [-0.39, 0.29) is 5.56 Å². The molecular weight excluding hydrogens is 284 g/mol. The van der Waals surface area contributed by atoms with Crippen LogP contribution < -0.4 is 11.1 Å². The van der Waals surface area contributed by atoms with E-state index in [1.807, 2.05) is 0 Å². The number of nitrogens with two attached hydrogens (primary N) is 1. The van der Waals surface area contributed by atoms with Crippen LogP contribution in [0.25, 0.3) is 0 Å². The van der Waals surface area contributed by atoms with Crippen LogP contribution in [0.15, 0.2) is 12.1 Å². The fourth-order valence-electron chi connectivity index (χ4n) is 1.61. The molecule has 7 heteroatoms. The van der Waals surface area contributed by atoms with E-state index in [0.29, 0.717) is 42.8 Å². The Morgan fingerprint density at radius 3 is 2.80 bits per heavy atom. The van der Waals surface area contributed by atoms with E-state index in [2.05, 4.69) is 5.32 Å². The third kappa shape index (κ3) is 5.24. The molecule has 112 valence electrons. The maximum atomic E-state index is 11.1. The van der Waals surface area contributed by atoms with Crippen LogP contribution in [-0.2, 0) is 9.47 Å². The molecule has 0 saturated carbocycles. The number of methoxy groups -OCH3 is 1. The van der Waals surface area contributed by atoms with E-state index >= 15 is 0 Å². The summed E-state index contributed by atoms with van der Waals surface area (Å²) in [6.07, 6.45) is 0.726. The van der Waals surface area contributed by atoms with Crippen LogP contribution >= 0.6 is 11.6 Å². The first-order chi connectivity index (χ1) is 9.56. The quantitative estimate of drug-likeness (QED) is 0.478. The van der Waals surface area contributed by atoms with Crippen molar-refractivity contribution in [1.82, 2.24) is 0 Å². The van der Waals surface area contributed by atoms with Gasteiger partial charge in [-0.15, -0.1) is 0 Å². The highest BCUT2D eigenvalue weighted by Crippen LogP contribution is 2.29. The minimum absolute atomic E-state index is 0.0651. The van der Waals surface area contributed by atoms with Crippen molar-refractivity contribution >= 4 is 28.9 Å². The van der Waals surface area contributed by atoms with Gasteiger partial charge >= 0.3 is 5.97 Å². The number of rotatable bonds is 9. The van der Waals surface area contributed by atoms with Gasteiger partial charge in [0.05, 0.1) is 29.5 Å². The number of hydrogen-bond donors (Lipinski definition) is 3. The summed E-state index contributed by atoms with van der Waals surface area (Å²) in [6, 6.07) is 2.90. The lowest BCUT2D eigenvalue weighted by molar-refractivity contribution is 0.0697. The van der Waals surface area contributed by atoms with Gasteiger partial charge in [0, 0.05) is 25.9 Å². The number of aromatic carboxylic acids is 1. The average molecular weight is 303 g/mol. The molecule has 0 aliphatic heterocycles. The van der Waals surface area contributed by atoms with Gasteiger partial charge in [-0.2, -0.15) is 0 Å². The van der Waals surface area contributed by atoms with Crippen molar-refractivity contribution in [3.8, 4) is 0 Å². The van der Waals surface area contributed by atoms with Gasteiger partial charge in [-0.25, -0.2) is 4.79 Å². The van der Waals surface area contributed by atoms with Crippen LogP contribution in [0.1, 0.15) is 16.8 Å². The highest BCUT2D eigenvalue weighted by Gasteiger charge is 2.14. The van der Waals surface area contributed by atoms with Crippen LogP contribution in [0, 0.1) is 0 Å². The first-order valence-electron chi connectivity index (χ1n) is 6.19. The Kier molecular flexibility index (Phi) is 7.14. The third-order valence-corrected chi connectivity index (χ3v) is 2.84. The van der Waals surface area contributed by atoms with Gasteiger partial charge < -0.3 is 25.6 Å². The molecule has 0 aliphatic carbocycles. The topological polar surface area (TPSA) is 93.8 Å². The summed E-state index contributed by atoms with van der Waals surface area (Å²) in [7, 11) is 1.61. The van der Waals surface area contributed by atoms with E-state index in [0.717, 1.165) is 6.42 Å². The van der Waals surface area contributed by atoms with Gasteiger partial charge in [-0.05, 0) is 18.6 Å². The maximum Gasteiger partial charge on any atom is 0.337 e. The summed E-state index contributed by atoms with van der Waals surface area (Å²) >= 11 is 6.01. The highest BCUT2D eigenvalue weighted by atomic mass is 35.5. The van der Waals surface area contributed by atoms with Gasteiger partial charge in [0.2, 0.25) is 0 Å². The van der Waals surface area contributed by atoms with E-state index < -0.39 is 5.97 Å². The number of nitrogens with one attached hydrogen (secondary N) is 1. The van der Waals surface area contributed by atoms with Crippen molar-refractivity contribution in [2.45, 2.75) is 6.42 Å². The Bertz CT molecular complexity index is 454. The Morgan fingerprint density at radius 1 is 1.40 bits per heavy atom. The zero-order chi connectivity index (χ0) is 15.0. The molecule has 0 spiro atoms. The summed E-state index contributed by atoms with van der Waals surface area (Å²) < 4.78 is 10.2. The number of carbonyl (C=O) groups is 1. The lowest BCUT2D eigenvalue weighted by Crippen LogP contribution is -2.11. The standard InChI is InChI=1S/C13H19ClN2O4/c1-19-5-6-20-4-2-3-16-12-10(13(17)18)7-9(15)8-11(12)14/h7-8,16H,2-6,15H2,1H3,(H,17,18). The minimum atomic E-state index is -1.07. The van der Waals surface area contributed by atoms with Crippen LogP contribution in [0.5, 0.6) is 0 Å². The van der Waals surface area contributed by atoms with Crippen molar-refractivity contribution in [2.75, 3.05) is 44.5 Å². The largest absolute Gasteiger partial charge is 0.478 e. The fraction of sp³-hybridized carbons (Fsp3) is 0.462. The van der Waals surface area contributed by atoms with Crippen LogP contribution in [0.4, 0.5) is 11.4 Å².